The molecule has 6 nitrogen and oxygen atoms in total. The molecule has 4 rings (SSSR count). The zero-order valence-electron chi connectivity index (χ0n) is 14.7. The fraction of sp³-hybridized carbons (Fsp3) is 0.100. The predicted molar refractivity (Wildman–Crippen MR) is 108 cm³/mol. The van der Waals surface area contributed by atoms with E-state index in [1.807, 2.05) is 41.9 Å². The number of nitrogens with zero attached hydrogens (tertiary/aromatic N) is 3. The van der Waals surface area contributed by atoms with Gasteiger partial charge in [0.1, 0.15) is 5.75 Å². The van der Waals surface area contributed by atoms with Crippen LogP contribution in [-0.2, 0) is 13.6 Å². The van der Waals surface area contributed by atoms with Gasteiger partial charge in [0, 0.05) is 36.6 Å². The number of benzene rings is 2. The summed E-state index contributed by atoms with van der Waals surface area (Å²) in [5.74, 6) is 1.99. The van der Waals surface area contributed by atoms with Gasteiger partial charge in [0.25, 0.3) is 0 Å². The highest BCUT2D eigenvalue weighted by Crippen LogP contribution is 2.23. The smallest absolute Gasteiger partial charge is 0.219 e. The number of rotatable bonds is 5. The molecule has 0 saturated heterocycles. The molecule has 0 bridgehead atoms. The van der Waals surface area contributed by atoms with E-state index >= 15 is 0 Å². The van der Waals surface area contributed by atoms with Gasteiger partial charge in [0.05, 0.1) is 11.0 Å². The van der Waals surface area contributed by atoms with E-state index in [9.17, 15) is 0 Å². The SMILES string of the molecule is Cn1c(NCc2ccc(Oc3ccc(Cl)cc3)nc2)nc2ccc(N)cc21. The van der Waals surface area contributed by atoms with E-state index in [-0.39, 0.29) is 0 Å². The van der Waals surface area contributed by atoms with Crippen molar-refractivity contribution in [3.8, 4) is 11.6 Å². The summed E-state index contributed by atoms with van der Waals surface area (Å²) in [6.45, 7) is 0.598. The zero-order valence-corrected chi connectivity index (χ0v) is 15.4. The highest BCUT2D eigenvalue weighted by atomic mass is 35.5. The van der Waals surface area contributed by atoms with Crippen LogP contribution >= 0.6 is 11.6 Å². The summed E-state index contributed by atoms with van der Waals surface area (Å²) < 4.78 is 7.69. The molecule has 27 heavy (non-hydrogen) atoms. The molecule has 136 valence electrons. The monoisotopic (exact) mass is 379 g/mol. The van der Waals surface area contributed by atoms with Gasteiger partial charge in [-0.15, -0.1) is 0 Å². The average Bonchev–Trinajstić information content (AvgIpc) is 2.98. The number of nitrogen functional groups attached to an aromatic ring is 1. The Hall–Kier alpha value is -3.25. The minimum atomic E-state index is 0.527. The topological polar surface area (TPSA) is 78.0 Å². The number of pyridine rings is 1. The van der Waals surface area contributed by atoms with Crippen molar-refractivity contribution < 1.29 is 4.74 Å². The Bertz CT molecular complexity index is 1070. The Morgan fingerprint density at radius 3 is 2.67 bits per heavy atom. The van der Waals surface area contributed by atoms with Crippen LogP contribution in [0.4, 0.5) is 11.6 Å². The molecule has 0 amide bonds. The summed E-state index contributed by atoms with van der Waals surface area (Å²) in [4.78, 5) is 8.94. The number of fused-ring (bicyclic) bond motifs is 1. The third-order valence-corrected chi connectivity index (χ3v) is 4.44. The maximum atomic E-state index is 5.87. The lowest BCUT2D eigenvalue weighted by atomic mass is 10.3. The number of nitrogens with one attached hydrogen (secondary N) is 1. The number of aromatic nitrogens is 3. The molecule has 0 aliphatic rings. The van der Waals surface area contributed by atoms with Gasteiger partial charge in [-0.05, 0) is 48.0 Å². The number of imidazole rings is 1. The number of anilines is 2. The molecule has 4 aromatic rings. The lowest BCUT2D eigenvalue weighted by molar-refractivity contribution is 0.462. The van der Waals surface area contributed by atoms with E-state index in [2.05, 4.69) is 15.3 Å². The van der Waals surface area contributed by atoms with E-state index < -0.39 is 0 Å². The first-order chi connectivity index (χ1) is 13.1. The minimum Gasteiger partial charge on any atom is -0.439 e. The molecule has 2 aromatic heterocycles. The molecule has 0 radical (unpaired) electrons. The summed E-state index contributed by atoms with van der Waals surface area (Å²) >= 11 is 5.87. The van der Waals surface area contributed by atoms with Crippen molar-refractivity contribution in [2.24, 2.45) is 7.05 Å². The number of nitrogens with two attached hydrogens (primary N) is 1. The van der Waals surface area contributed by atoms with E-state index in [4.69, 9.17) is 22.1 Å². The van der Waals surface area contributed by atoms with Crippen LogP contribution in [0.25, 0.3) is 11.0 Å². The molecule has 0 saturated carbocycles. The predicted octanol–water partition coefficient (Wildman–Crippen LogP) is 4.61. The Balaban J connectivity index is 1.43. The van der Waals surface area contributed by atoms with Gasteiger partial charge in [0.2, 0.25) is 11.8 Å². The summed E-state index contributed by atoms with van der Waals surface area (Å²) in [5, 5.41) is 4.00. The summed E-state index contributed by atoms with van der Waals surface area (Å²) in [7, 11) is 1.96. The summed E-state index contributed by atoms with van der Waals surface area (Å²) in [6.07, 6.45) is 1.78. The molecular formula is C20H18ClN5O. The van der Waals surface area contributed by atoms with E-state index in [1.54, 1.807) is 30.5 Å². The molecule has 0 unspecified atom stereocenters. The Kier molecular flexibility index (Phi) is 4.56. The van der Waals surface area contributed by atoms with Crippen molar-refractivity contribution in [2.45, 2.75) is 6.54 Å². The molecule has 2 heterocycles. The summed E-state index contributed by atoms with van der Waals surface area (Å²) in [5.41, 5.74) is 9.48. The molecular weight excluding hydrogens is 362 g/mol. The first-order valence-corrected chi connectivity index (χ1v) is 8.80. The van der Waals surface area contributed by atoms with Crippen LogP contribution in [-0.4, -0.2) is 14.5 Å². The molecule has 3 N–H and O–H groups in total. The molecule has 7 heteroatoms. The minimum absolute atomic E-state index is 0.527. The van der Waals surface area contributed by atoms with Crippen molar-refractivity contribution in [1.82, 2.24) is 14.5 Å². The second kappa shape index (κ2) is 7.17. The maximum Gasteiger partial charge on any atom is 0.219 e. The van der Waals surface area contributed by atoms with E-state index in [0.29, 0.717) is 23.2 Å². The highest BCUT2D eigenvalue weighted by Gasteiger charge is 2.08. The molecule has 0 aliphatic heterocycles. The van der Waals surface area contributed by atoms with Crippen molar-refractivity contribution in [3.63, 3.8) is 0 Å². The molecule has 0 atom stereocenters. The van der Waals surface area contributed by atoms with Crippen molar-refractivity contribution in [3.05, 3.63) is 71.4 Å². The fourth-order valence-electron chi connectivity index (χ4n) is 2.75. The first kappa shape index (κ1) is 17.2. The van der Waals surface area contributed by atoms with Crippen LogP contribution < -0.4 is 15.8 Å². The van der Waals surface area contributed by atoms with Gasteiger partial charge in [-0.25, -0.2) is 9.97 Å². The van der Waals surface area contributed by atoms with Crippen LogP contribution in [0.1, 0.15) is 5.56 Å². The molecule has 0 aliphatic carbocycles. The van der Waals surface area contributed by atoms with Gasteiger partial charge < -0.3 is 20.4 Å². The number of halogens is 1. The molecule has 0 fully saturated rings. The lowest BCUT2D eigenvalue weighted by Crippen LogP contribution is -2.05. The third kappa shape index (κ3) is 3.80. The number of ether oxygens (including phenoxy) is 1. The number of aryl methyl sites for hydroxylation is 1. The number of hydrogen-bond donors (Lipinski definition) is 2. The van der Waals surface area contributed by atoms with Crippen LogP contribution in [0.5, 0.6) is 11.6 Å². The van der Waals surface area contributed by atoms with E-state index in [0.717, 1.165) is 28.2 Å². The van der Waals surface area contributed by atoms with E-state index in [1.165, 1.54) is 0 Å². The van der Waals surface area contributed by atoms with Gasteiger partial charge in [-0.1, -0.05) is 17.7 Å². The Morgan fingerprint density at radius 1 is 1.11 bits per heavy atom. The second-order valence-electron chi connectivity index (χ2n) is 6.16. The van der Waals surface area contributed by atoms with Gasteiger partial charge >= 0.3 is 0 Å². The standard InChI is InChI=1S/C20H18ClN5O/c1-26-18-10-15(22)5-8-17(18)25-20(26)24-12-13-2-9-19(23-11-13)27-16-6-3-14(21)4-7-16/h2-11H,12,22H2,1H3,(H,24,25). The van der Waals surface area contributed by atoms with Gasteiger partial charge in [-0.2, -0.15) is 0 Å². The molecule has 0 spiro atoms. The zero-order chi connectivity index (χ0) is 18.8. The van der Waals surface area contributed by atoms with Crippen LogP contribution in [0.15, 0.2) is 60.8 Å². The van der Waals surface area contributed by atoms with Gasteiger partial charge in [-0.3, -0.25) is 0 Å². The highest BCUT2D eigenvalue weighted by molar-refractivity contribution is 6.30. The normalized spacial score (nSPS) is 10.9. The van der Waals surface area contributed by atoms with Crippen LogP contribution in [0.3, 0.4) is 0 Å². The van der Waals surface area contributed by atoms with Crippen LogP contribution in [0.2, 0.25) is 5.02 Å². The second-order valence-corrected chi connectivity index (χ2v) is 6.59. The Labute approximate surface area is 161 Å². The van der Waals surface area contributed by atoms with Crippen molar-refractivity contribution in [1.29, 1.82) is 0 Å². The van der Waals surface area contributed by atoms with Gasteiger partial charge in [0.15, 0.2) is 0 Å². The molecule has 2 aromatic carbocycles. The third-order valence-electron chi connectivity index (χ3n) is 4.19. The quantitative estimate of drug-likeness (QED) is 0.495. The van der Waals surface area contributed by atoms with Crippen molar-refractivity contribution in [2.75, 3.05) is 11.1 Å². The fourth-order valence-corrected chi connectivity index (χ4v) is 2.87. The maximum absolute atomic E-state index is 5.87. The number of hydrogen-bond acceptors (Lipinski definition) is 5. The van der Waals surface area contributed by atoms with Crippen molar-refractivity contribution >= 4 is 34.3 Å². The first-order valence-electron chi connectivity index (χ1n) is 8.43. The van der Waals surface area contributed by atoms with Crippen LogP contribution in [0, 0.1) is 0 Å². The average molecular weight is 380 g/mol. The summed E-state index contributed by atoms with van der Waals surface area (Å²) in [6, 6.07) is 16.6. The lowest BCUT2D eigenvalue weighted by Gasteiger charge is -2.08. The largest absolute Gasteiger partial charge is 0.439 e. The Morgan fingerprint density at radius 2 is 1.93 bits per heavy atom.